The van der Waals surface area contributed by atoms with Gasteiger partial charge in [-0.15, -0.1) is 0 Å². The molecule has 2 unspecified atom stereocenters. The number of likely N-dealkylation sites (tertiary alicyclic amines) is 1. The zero-order valence-electron chi connectivity index (χ0n) is 12.3. The van der Waals surface area contributed by atoms with Gasteiger partial charge in [0.15, 0.2) is 0 Å². The van der Waals surface area contributed by atoms with E-state index in [2.05, 4.69) is 37.9 Å². The first-order valence-electron chi connectivity index (χ1n) is 7.66. The largest absolute Gasteiger partial charge is 0.313 e. The van der Waals surface area contributed by atoms with E-state index >= 15 is 0 Å². The van der Waals surface area contributed by atoms with E-state index in [1.54, 1.807) is 0 Å². The van der Waals surface area contributed by atoms with Crippen molar-refractivity contribution in [3.63, 3.8) is 0 Å². The third-order valence-electron chi connectivity index (χ3n) is 4.07. The van der Waals surface area contributed by atoms with E-state index in [1.807, 2.05) is 0 Å². The highest BCUT2D eigenvalue weighted by Gasteiger charge is 2.24. The average molecular weight is 240 g/mol. The van der Waals surface area contributed by atoms with Crippen LogP contribution in [0.2, 0.25) is 0 Å². The number of likely N-dealkylation sites (N-methyl/N-ethyl adjacent to an activating group) is 1. The summed E-state index contributed by atoms with van der Waals surface area (Å²) in [4.78, 5) is 2.75. The highest BCUT2D eigenvalue weighted by Crippen LogP contribution is 2.21. The van der Waals surface area contributed by atoms with Crippen LogP contribution in [-0.2, 0) is 0 Å². The minimum Gasteiger partial charge on any atom is -0.313 e. The van der Waals surface area contributed by atoms with E-state index in [-0.39, 0.29) is 0 Å². The SMILES string of the molecule is CCCC1CCCCN1CC(NCC)C(C)C. The Bertz CT molecular complexity index is 189. The highest BCUT2D eigenvalue weighted by atomic mass is 15.2. The third-order valence-corrected chi connectivity index (χ3v) is 4.07. The zero-order valence-corrected chi connectivity index (χ0v) is 12.3. The van der Waals surface area contributed by atoms with Gasteiger partial charge in [-0.1, -0.05) is 40.5 Å². The second-order valence-corrected chi connectivity index (χ2v) is 5.84. The maximum absolute atomic E-state index is 3.65. The fourth-order valence-corrected chi connectivity index (χ4v) is 2.99. The van der Waals surface area contributed by atoms with E-state index in [4.69, 9.17) is 0 Å². The Balaban J connectivity index is 2.49. The second kappa shape index (κ2) is 8.10. The molecule has 0 radical (unpaired) electrons. The number of piperidine rings is 1. The van der Waals surface area contributed by atoms with E-state index < -0.39 is 0 Å². The van der Waals surface area contributed by atoms with Crippen molar-refractivity contribution in [2.45, 2.75) is 71.9 Å². The van der Waals surface area contributed by atoms with Crippen molar-refractivity contribution in [3.05, 3.63) is 0 Å². The normalized spacial score (nSPS) is 24.2. The molecule has 1 rings (SSSR count). The van der Waals surface area contributed by atoms with E-state index in [9.17, 15) is 0 Å². The maximum Gasteiger partial charge on any atom is 0.0217 e. The van der Waals surface area contributed by atoms with Crippen molar-refractivity contribution in [1.29, 1.82) is 0 Å². The number of rotatable bonds is 7. The molecule has 1 N–H and O–H groups in total. The molecule has 0 aromatic carbocycles. The number of nitrogens with one attached hydrogen (secondary N) is 1. The van der Waals surface area contributed by atoms with Crippen LogP contribution >= 0.6 is 0 Å². The van der Waals surface area contributed by atoms with Gasteiger partial charge in [-0.25, -0.2) is 0 Å². The molecule has 2 atom stereocenters. The molecule has 0 saturated carbocycles. The fraction of sp³-hybridized carbons (Fsp3) is 1.00. The van der Waals surface area contributed by atoms with Gasteiger partial charge < -0.3 is 5.32 Å². The summed E-state index contributed by atoms with van der Waals surface area (Å²) < 4.78 is 0. The van der Waals surface area contributed by atoms with Gasteiger partial charge in [0.2, 0.25) is 0 Å². The van der Waals surface area contributed by atoms with Gasteiger partial charge in [0.25, 0.3) is 0 Å². The standard InChI is InChI=1S/C15H32N2/c1-5-9-14-10-7-8-11-17(14)12-15(13(3)4)16-6-2/h13-16H,5-12H2,1-4H3. The minimum absolute atomic E-state index is 0.664. The smallest absolute Gasteiger partial charge is 0.0217 e. The van der Waals surface area contributed by atoms with Crippen molar-refractivity contribution in [3.8, 4) is 0 Å². The molecular formula is C15H32N2. The molecule has 0 aromatic heterocycles. The molecule has 1 aliphatic heterocycles. The van der Waals surface area contributed by atoms with Crippen LogP contribution in [0, 0.1) is 5.92 Å². The monoisotopic (exact) mass is 240 g/mol. The summed E-state index contributed by atoms with van der Waals surface area (Å²) in [5.41, 5.74) is 0. The van der Waals surface area contributed by atoms with Gasteiger partial charge in [0.1, 0.15) is 0 Å². The Morgan fingerprint density at radius 3 is 2.59 bits per heavy atom. The minimum atomic E-state index is 0.664. The van der Waals surface area contributed by atoms with Crippen molar-refractivity contribution < 1.29 is 0 Å². The molecule has 0 aliphatic carbocycles. The lowest BCUT2D eigenvalue weighted by Gasteiger charge is -2.39. The van der Waals surface area contributed by atoms with Crippen LogP contribution in [0.25, 0.3) is 0 Å². The molecule has 1 saturated heterocycles. The lowest BCUT2D eigenvalue weighted by Crippen LogP contribution is -2.49. The Hall–Kier alpha value is -0.0800. The second-order valence-electron chi connectivity index (χ2n) is 5.84. The summed E-state index contributed by atoms with van der Waals surface area (Å²) in [5.74, 6) is 0.735. The lowest BCUT2D eigenvalue weighted by molar-refractivity contribution is 0.116. The molecule has 102 valence electrons. The van der Waals surface area contributed by atoms with Crippen molar-refractivity contribution in [2.75, 3.05) is 19.6 Å². The Kier molecular flexibility index (Phi) is 7.14. The van der Waals surface area contributed by atoms with Crippen LogP contribution in [0.4, 0.5) is 0 Å². The number of hydrogen-bond acceptors (Lipinski definition) is 2. The van der Waals surface area contributed by atoms with E-state index in [0.29, 0.717) is 6.04 Å². The van der Waals surface area contributed by atoms with Crippen molar-refractivity contribution in [2.24, 2.45) is 5.92 Å². The first-order chi connectivity index (χ1) is 8.19. The lowest BCUT2D eigenvalue weighted by atomic mass is 9.95. The molecule has 1 fully saturated rings. The Morgan fingerprint density at radius 1 is 1.24 bits per heavy atom. The number of nitrogens with zero attached hydrogens (tertiary/aromatic N) is 1. The van der Waals surface area contributed by atoms with Gasteiger partial charge in [-0.2, -0.15) is 0 Å². The predicted molar refractivity (Wildman–Crippen MR) is 76.4 cm³/mol. The summed E-state index contributed by atoms with van der Waals surface area (Å²) in [7, 11) is 0. The maximum atomic E-state index is 3.65. The Labute approximate surface area is 108 Å². The van der Waals surface area contributed by atoms with Crippen molar-refractivity contribution in [1.82, 2.24) is 10.2 Å². The van der Waals surface area contributed by atoms with Crippen LogP contribution < -0.4 is 5.32 Å². The molecule has 2 nitrogen and oxygen atoms in total. The zero-order chi connectivity index (χ0) is 12.7. The predicted octanol–water partition coefficient (Wildman–Crippen LogP) is 3.28. The first-order valence-corrected chi connectivity index (χ1v) is 7.66. The summed E-state index contributed by atoms with van der Waals surface area (Å²) in [6, 6.07) is 1.52. The van der Waals surface area contributed by atoms with Gasteiger partial charge >= 0.3 is 0 Å². The molecule has 1 heterocycles. The summed E-state index contributed by atoms with van der Waals surface area (Å²) in [6.45, 7) is 12.9. The summed E-state index contributed by atoms with van der Waals surface area (Å²) in [6.07, 6.45) is 6.97. The van der Waals surface area contributed by atoms with E-state index in [1.165, 1.54) is 45.2 Å². The third kappa shape index (κ3) is 4.97. The Morgan fingerprint density at radius 2 is 2.00 bits per heavy atom. The molecule has 0 spiro atoms. The van der Waals surface area contributed by atoms with Crippen LogP contribution in [0.15, 0.2) is 0 Å². The van der Waals surface area contributed by atoms with Crippen LogP contribution in [0.1, 0.15) is 59.8 Å². The van der Waals surface area contributed by atoms with Crippen LogP contribution in [-0.4, -0.2) is 36.6 Å². The molecule has 2 heteroatoms. The van der Waals surface area contributed by atoms with Crippen LogP contribution in [0.3, 0.4) is 0 Å². The van der Waals surface area contributed by atoms with Gasteiger partial charge in [0.05, 0.1) is 0 Å². The molecule has 0 aromatic rings. The van der Waals surface area contributed by atoms with Crippen LogP contribution in [0.5, 0.6) is 0 Å². The van der Waals surface area contributed by atoms with Gasteiger partial charge in [-0.05, 0) is 38.3 Å². The van der Waals surface area contributed by atoms with Gasteiger partial charge in [0, 0.05) is 18.6 Å². The molecule has 0 bridgehead atoms. The highest BCUT2D eigenvalue weighted by molar-refractivity contribution is 4.82. The summed E-state index contributed by atoms with van der Waals surface area (Å²) in [5, 5.41) is 3.65. The molecule has 17 heavy (non-hydrogen) atoms. The quantitative estimate of drug-likeness (QED) is 0.735. The van der Waals surface area contributed by atoms with Crippen molar-refractivity contribution >= 4 is 0 Å². The number of hydrogen-bond donors (Lipinski definition) is 1. The summed E-state index contributed by atoms with van der Waals surface area (Å²) >= 11 is 0. The fourth-order valence-electron chi connectivity index (χ4n) is 2.99. The average Bonchev–Trinajstić information content (AvgIpc) is 2.31. The van der Waals surface area contributed by atoms with Gasteiger partial charge in [-0.3, -0.25) is 4.90 Å². The molecular weight excluding hydrogens is 208 g/mol. The topological polar surface area (TPSA) is 15.3 Å². The van der Waals surface area contributed by atoms with E-state index in [0.717, 1.165) is 18.5 Å². The molecule has 0 amide bonds. The molecule has 1 aliphatic rings. The first kappa shape index (κ1) is 15.0.